The van der Waals surface area contributed by atoms with E-state index in [0.717, 1.165) is 25.2 Å². The molecule has 0 radical (unpaired) electrons. The predicted octanol–water partition coefficient (Wildman–Crippen LogP) is 1.14. The molecule has 0 saturated carbocycles. The van der Waals surface area contributed by atoms with Crippen molar-refractivity contribution in [1.82, 2.24) is 9.55 Å². The maximum Gasteiger partial charge on any atom is 0.108 e. The van der Waals surface area contributed by atoms with Gasteiger partial charge in [0.15, 0.2) is 0 Å². The highest BCUT2D eigenvalue weighted by atomic mass is 16.2. The van der Waals surface area contributed by atoms with Crippen molar-refractivity contribution in [3.8, 4) is 0 Å². The van der Waals surface area contributed by atoms with Crippen LogP contribution in [0.15, 0.2) is 6.20 Å². The average Bonchev–Trinajstić information content (AvgIpc) is 2.58. The van der Waals surface area contributed by atoms with Gasteiger partial charge in [-0.2, -0.15) is 0 Å². The molecule has 1 aromatic rings. The van der Waals surface area contributed by atoms with E-state index in [1.165, 1.54) is 25.0 Å². The van der Waals surface area contributed by atoms with Crippen molar-refractivity contribution in [3.63, 3.8) is 0 Å². The molecule has 1 aromatic heterocycles. The Morgan fingerprint density at radius 1 is 1.46 bits per heavy atom. The summed E-state index contributed by atoms with van der Waals surface area (Å²) in [5.41, 5.74) is 1.37. The Kier molecular flexibility index (Phi) is 2.64. The van der Waals surface area contributed by atoms with Crippen molar-refractivity contribution < 1.29 is 5.11 Å². The van der Waals surface area contributed by atoms with E-state index in [1.54, 1.807) is 0 Å². The third-order valence-electron chi connectivity index (χ3n) is 2.64. The topological polar surface area (TPSA) is 38.1 Å². The number of fused-ring (bicyclic) bond motifs is 1. The predicted molar refractivity (Wildman–Crippen MR) is 50.6 cm³/mol. The normalized spacial score (nSPS) is 15.8. The van der Waals surface area contributed by atoms with Gasteiger partial charge in [-0.05, 0) is 25.7 Å². The first-order valence-corrected chi connectivity index (χ1v) is 5.06. The Hall–Kier alpha value is -0.830. The summed E-state index contributed by atoms with van der Waals surface area (Å²) in [5.74, 6) is 1.16. The summed E-state index contributed by atoms with van der Waals surface area (Å²) in [4.78, 5) is 4.39. The summed E-state index contributed by atoms with van der Waals surface area (Å²) in [6.45, 7) is 1.39. The molecule has 0 amide bonds. The summed E-state index contributed by atoms with van der Waals surface area (Å²) in [6, 6.07) is 0. The Bertz CT molecular complexity index is 280. The summed E-state index contributed by atoms with van der Waals surface area (Å²) in [7, 11) is 0. The van der Waals surface area contributed by atoms with E-state index in [2.05, 4.69) is 9.55 Å². The molecule has 3 nitrogen and oxygen atoms in total. The minimum Gasteiger partial charge on any atom is -0.396 e. The molecule has 1 N–H and O–H groups in total. The SMILES string of the molecule is OCCCc1ncc2n1CCCC2. The van der Waals surface area contributed by atoms with E-state index in [9.17, 15) is 0 Å². The average molecular weight is 180 g/mol. The number of aromatic nitrogens is 2. The van der Waals surface area contributed by atoms with Crippen molar-refractivity contribution in [2.75, 3.05) is 6.61 Å². The van der Waals surface area contributed by atoms with Gasteiger partial charge in [-0.15, -0.1) is 0 Å². The lowest BCUT2D eigenvalue weighted by atomic mass is 10.1. The molecule has 0 spiro atoms. The van der Waals surface area contributed by atoms with Gasteiger partial charge in [0.2, 0.25) is 0 Å². The molecule has 1 aliphatic heterocycles. The van der Waals surface area contributed by atoms with Gasteiger partial charge in [0.25, 0.3) is 0 Å². The standard InChI is InChI=1S/C10H16N2O/c13-7-3-5-10-11-8-9-4-1-2-6-12(9)10/h8,13H,1-7H2. The molecular formula is C10H16N2O. The number of nitrogens with zero attached hydrogens (tertiary/aromatic N) is 2. The van der Waals surface area contributed by atoms with E-state index < -0.39 is 0 Å². The lowest BCUT2D eigenvalue weighted by molar-refractivity contribution is 0.286. The summed E-state index contributed by atoms with van der Waals surface area (Å²) in [6.07, 6.45) is 7.48. The van der Waals surface area contributed by atoms with Crippen LogP contribution < -0.4 is 0 Å². The van der Waals surface area contributed by atoms with Gasteiger partial charge in [0.1, 0.15) is 5.82 Å². The van der Waals surface area contributed by atoms with Crippen molar-refractivity contribution in [3.05, 3.63) is 17.7 Å². The van der Waals surface area contributed by atoms with Gasteiger partial charge in [-0.1, -0.05) is 0 Å². The zero-order chi connectivity index (χ0) is 9.10. The molecule has 2 heterocycles. The molecule has 2 rings (SSSR count). The van der Waals surface area contributed by atoms with Crippen LogP contribution in [-0.4, -0.2) is 21.3 Å². The van der Waals surface area contributed by atoms with Crippen LogP contribution in [0, 0.1) is 0 Å². The third-order valence-corrected chi connectivity index (χ3v) is 2.64. The van der Waals surface area contributed by atoms with Crippen molar-refractivity contribution in [2.45, 2.75) is 38.6 Å². The second-order valence-corrected chi connectivity index (χ2v) is 3.60. The minimum atomic E-state index is 0.266. The minimum absolute atomic E-state index is 0.266. The second kappa shape index (κ2) is 3.92. The lowest BCUT2D eigenvalue weighted by Gasteiger charge is -2.16. The summed E-state index contributed by atoms with van der Waals surface area (Å²) in [5, 5.41) is 8.73. The summed E-state index contributed by atoms with van der Waals surface area (Å²) < 4.78 is 2.32. The first kappa shape index (κ1) is 8.75. The molecule has 0 aliphatic carbocycles. The van der Waals surface area contributed by atoms with Gasteiger partial charge < -0.3 is 9.67 Å². The van der Waals surface area contributed by atoms with Crippen LogP contribution in [-0.2, 0) is 19.4 Å². The second-order valence-electron chi connectivity index (χ2n) is 3.60. The Balaban J connectivity index is 2.12. The molecule has 13 heavy (non-hydrogen) atoms. The highest BCUT2D eigenvalue weighted by Crippen LogP contribution is 2.17. The molecule has 3 heteroatoms. The van der Waals surface area contributed by atoms with Crippen LogP contribution in [0.25, 0.3) is 0 Å². The fourth-order valence-corrected chi connectivity index (χ4v) is 1.94. The van der Waals surface area contributed by atoms with Crippen LogP contribution in [0.2, 0.25) is 0 Å². The van der Waals surface area contributed by atoms with Gasteiger partial charge in [0.05, 0.1) is 0 Å². The largest absolute Gasteiger partial charge is 0.396 e. The quantitative estimate of drug-likeness (QED) is 0.757. The third kappa shape index (κ3) is 1.75. The lowest BCUT2D eigenvalue weighted by Crippen LogP contribution is -2.12. The Labute approximate surface area is 78.4 Å². The molecular weight excluding hydrogens is 164 g/mol. The van der Waals surface area contributed by atoms with Gasteiger partial charge in [0, 0.05) is 31.5 Å². The molecule has 0 fully saturated rings. The number of aliphatic hydroxyl groups is 1. The fourth-order valence-electron chi connectivity index (χ4n) is 1.94. The molecule has 72 valence electrons. The van der Waals surface area contributed by atoms with E-state index in [-0.39, 0.29) is 6.61 Å². The van der Waals surface area contributed by atoms with Crippen molar-refractivity contribution in [2.24, 2.45) is 0 Å². The maximum absolute atomic E-state index is 8.73. The smallest absolute Gasteiger partial charge is 0.108 e. The molecule has 0 atom stereocenters. The summed E-state index contributed by atoms with van der Waals surface area (Å²) >= 11 is 0. The van der Waals surface area contributed by atoms with Crippen molar-refractivity contribution >= 4 is 0 Å². The zero-order valence-corrected chi connectivity index (χ0v) is 7.87. The highest BCUT2D eigenvalue weighted by Gasteiger charge is 2.12. The van der Waals surface area contributed by atoms with Crippen LogP contribution in [0.5, 0.6) is 0 Å². The van der Waals surface area contributed by atoms with Gasteiger partial charge in [-0.25, -0.2) is 4.98 Å². The van der Waals surface area contributed by atoms with Gasteiger partial charge >= 0.3 is 0 Å². The zero-order valence-electron chi connectivity index (χ0n) is 7.87. The maximum atomic E-state index is 8.73. The van der Waals surface area contributed by atoms with Crippen LogP contribution in [0.3, 0.4) is 0 Å². The van der Waals surface area contributed by atoms with E-state index >= 15 is 0 Å². The number of hydrogen-bond acceptors (Lipinski definition) is 2. The molecule has 0 aromatic carbocycles. The first-order valence-electron chi connectivity index (χ1n) is 5.06. The molecule has 0 unspecified atom stereocenters. The monoisotopic (exact) mass is 180 g/mol. The number of aryl methyl sites for hydroxylation is 2. The molecule has 0 bridgehead atoms. The Morgan fingerprint density at radius 3 is 3.23 bits per heavy atom. The van der Waals surface area contributed by atoms with Gasteiger partial charge in [-0.3, -0.25) is 0 Å². The number of imidazole rings is 1. The van der Waals surface area contributed by atoms with E-state index in [4.69, 9.17) is 5.11 Å². The Morgan fingerprint density at radius 2 is 2.38 bits per heavy atom. The van der Waals surface area contributed by atoms with E-state index in [1.807, 2.05) is 6.20 Å². The van der Waals surface area contributed by atoms with Crippen LogP contribution in [0.1, 0.15) is 30.8 Å². The highest BCUT2D eigenvalue weighted by molar-refractivity contribution is 5.07. The number of rotatable bonds is 3. The van der Waals surface area contributed by atoms with Crippen LogP contribution >= 0.6 is 0 Å². The number of aliphatic hydroxyl groups excluding tert-OH is 1. The van der Waals surface area contributed by atoms with Crippen LogP contribution in [0.4, 0.5) is 0 Å². The van der Waals surface area contributed by atoms with Crippen molar-refractivity contribution in [1.29, 1.82) is 0 Å². The van der Waals surface area contributed by atoms with E-state index in [0.29, 0.717) is 0 Å². The fraction of sp³-hybridized carbons (Fsp3) is 0.700. The number of hydrogen-bond donors (Lipinski definition) is 1. The first-order chi connectivity index (χ1) is 6.42. The molecule has 0 saturated heterocycles. The molecule has 1 aliphatic rings.